The van der Waals surface area contributed by atoms with Gasteiger partial charge in [0.05, 0.1) is 11.8 Å². The third-order valence-corrected chi connectivity index (χ3v) is 4.61. The lowest BCUT2D eigenvalue weighted by Crippen LogP contribution is -1.95. The first-order valence-corrected chi connectivity index (χ1v) is 7.54. The maximum absolute atomic E-state index is 13.4. The zero-order valence-corrected chi connectivity index (χ0v) is 12.8. The van der Waals surface area contributed by atoms with Crippen LogP contribution in [-0.4, -0.2) is 26.6 Å². The molecule has 1 aromatic carbocycles. The standard InChI is InChI=1S/C15H12FN5S/c1-17-13-10-11(21(2)7-18-10)12-14(19-13)20-15(22-12)8-4-3-5-9(16)6-8/h3-7H,1-2H3,(H,17,19). The maximum Gasteiger partial charge on any atom is 0.175 e. The van der Waals surface area contributed by atoms with Gasteiger partial charge in [-0.2, -0.15) is 0 Å². The van der Waals surface area contributed by atoms with E-state index in [0.717, 1.165) is 26.3 Å². The summed E-state index contributed by atoms with van der Waals surface area (Å²) >= 11 is 1.50. The SMILES string of the molecule is CNc1nc2nc(-c3cccc(F)c3)sc2c2c1ncn2C. The van der Waals surface area contributed by atoms with Crippen molar-refractivity contribution in [1.82, 2.24) is 19.5 Å². The van der Waals surface area contributed by atoms with Crippen molar-refractivity contribution in [3.63, 3.8) is 0 Å². The average Bonchev–Trinajstić information content (AvgIpc) is 3.10. The van der Waals surface area contributed by atoms with Crippen molar-refractivity contribution >= 4 is 38.5 Å². The summed E-state index contributed by atoms with van der Waals surface area (Å²) in [4.78, 5) is 13.5. The van der Waals surface area contributed by atoms with Gasteiger partial charge in [-0.15, -0.1) is 11.3 Å². The van der Waals surface area contributed by atoms with E-state index in [1.54, 1.807) is 12.4 Å². The van der Waals surface area contributed by atoms with Crippen molar-refractivity contribution in [2.24, 2.45) is 7.05 Å². The molecule has 0 spiro atoms. The number of hydrogen-bond acceptors (Lipinski definition) is 5. The lowest BCUT2D eigenvalue weighted by Gasteiger charge is -2.01. The molecular weight excluding hydrogens is 301 g/mol. The number of benzene rings is 1. The number of pyridine rings is 1. The van der Waals surface area contributed by atoms with Crippen LogP contribution in [0.25, 0.3) is 32.0 Å². The highest BCUT2D eigenvalue weighted by Gasteiger charge is 2.16. The third-order valence-electron chi connectivity index (χ3n) is 3.51. The van der Waals surface area contributed by atoms with Crippen LogP contribution >= 0.6 is 11.3 Å². The van der Waals surface area contributed by atoms with Gasteiger partial charge in [-0.05, 0) is 12.1 Å². The van der Waals surface area contributed by atoms with Gasteiger partial charge in [-0.1, -0.05) is 12.1 Å². The summed E-state index contributed by atoms with van der Waals surface area (Å²) in [6, 6.07) is 6.44. The number of nitrogens with one attached hydrogen (secondary N) is 1. The zero-order valence-electron chi connectivity index (χ0n) is 12.0. The Morgan fingerprint density at radius 3 is 2.91 bits per heavy atom. The van der Waals surface area contributed by atoms with Crippen LogP contribution in [0.15, 0.2) is 30.6 Å². The highest BCUT2D eigenvalue weighted by molar-refractivity contribution is 7.22. The van der Waals surface area contributed by atoms with Gasteiger partial charge in [0.2, 0.25) is 0 Å². The fraction of sp³-hybridized carbons (Fsp3) is 0.133. The average molecular weight is 313 g/mol. The number of aryl methyl sites for hydroxylation is 1. The van der Waals surface area contributed by atoms with Gasteiger partial charge < -0.3 is 9.88 Å². The lowest BCUT2D eigenvalue weighted by molar-refractivity contribution is 0.628. The van der Waals surface area contributed by atoms with Crippen LogP contribution < -0.4 is 5.32 Å². The molecule has 7 heteroatoms. The number of nitrogens with zero attached hydrogens (tertiary/aromatic N) is 4. The summed E-state index contributed by atoms with van der Waals surface area (Å²) in [6.07, 6.45) is 1.76. The topological polar surface area (TPSA) is 55.6 Å². The van der Waals surface area contributed by atoms with Crippen molar-refractivity contribution in [1.29, 1.82) is 0 Å². The molecule has 22 heavy (non-hydrogen) atoms. The van der Waals surface area contributed by atoms with Gasteiger partial charge in [0, 0.05) is 19.7 Å². The second-order valence-electron chi connectivity index (χ2n) is 4.95. The van der Waals surface area contributed by atoms with Gasteiger partial charge >= 0.3 is 0 Å². The first-order chi connectivity index (χ1) is 10.7. The highest BCUT2D eigenvalue weighted by atomic mass is 32.1. The number of halogens is 1. The number of thiazole rings is 1. The number of hydrogen-bond donors (Lipinski definition) is 1. The predicted molar refractivity (Wildman–Crippen MR) is 86.6 cm³/mol. The van der Waals surface area contributed by atoms with Crippen LogP contribution in [0, 0.1) is 5.82 Å². The fourth-order valence-electron chi connectivity index (χ4n) is 2.49. The van der Waals surface area contributed by atoms with Gasteiger partial charge in [0.15, 0.2) is 11.5 Å². The van der Waals surface area contributed by atoms with Crippen molar-refractivity contribution in [2.45, 2.75) is 0 Å². The molecule has 5 nitrogen and oxygen atoms in total. The third kappa shape index (κ3) is 1.86. The molecule has 4 rings (SSSR count). The van der Waals surface area contributed by atoms with E-state index < -0.39 is 0 Å². The molecular formula is C15H12FN5S. The van der Waals surface area contributed by atoms with Gasteiger partial charge in [-0.25, -0.2) is 19.3 Å². The summed E-state index contributed by atoms with van der Waals surface area (Å²) in [6.45, 7) is 0. The Morgan fingerprint density at radius 2 is 2.14 bits per heavy atom. The largest absolute Gasteiger partial charge is 0.371 e. The summed E-state index contributed by atoms with van der Waals surface area (Å²) in [5.74, 6) is 0.422. The minimum atomic E-state index is -0.272. The second kappa shape index (κ2) is 4.74. The molecule has 0 radical (unpaired) electrons. The zero-order chi connectivity index (χ0) is 15.3. The Bertz CT molecular complexity index is 1000. The summed E-state index contributed by atoms with van der Waals surface area (Å²) in [5, 5.41) is 3.80. The van der Waals surface area contributed by atoms with Gasteiger partial charge in [0.1, 0.15) is 21.0 Å². The number of imidazole rings is 1. The molecule has 1 N–H and O–H groups in total. The normalized spacial score (nSPS) is 11.4. The van der Waals surface area contributed by atoms with Crippen molar-refractivity contribution in [2.75, 3.05) is 12.4 Å². The molecule has 0 atom stereocenters. The monoisotopic (exact) mass is 313 g/mol. The minimum Gasteiger partial charge on any atom is -0.371 e. The van der Waals surface area contributed by atoms with E-state index in [-0.39, 0.29) is 5.82 Å². The Hall–Kier alpha value is -2.54. The molecule has 0 unspecified atom stereocenters. The Balaban J connectivity index is 2.05. The van der Waals surface area contributed by atoms with E-state index in [9.17, 15) is 4.39 Å². The number of aromatic nitrogens is 4. The first-order valence-electron chi connectivity index (χ1n) is 6.72. The molecule has 0 aliphatic rings. The first kappa shape index (κ1) is 13.1. The predicted octanol–water partition coefficient (Wildman–Crippen LogP) is 3.43. The summed E-state index contributed by atoms with van der Waals surface area (Å²) in [5.41, 5.74) is 3.19. The second-order valence-corrected chi connectivity index (χ2v) is 5.94. The van der Waals surface area contributed by atoms with Crippen molar-refractivity contribution < 1.29 is 4.39 Å². The smallest absolute Gasteiger partial charge is 0.175 e. The van der Waals surface area contributed by atoms with Crippen LogP contribution in [0.3, 0.4) is 0 Å². The molecule has 0 saturated heterocycles. The molecule has 3 aromatic heterocycles. The van der Waals surface area contributed by atoms with Crippen LogP contribution in [-0.2, 0) is 7.05 Å². The maximum atomic E-state index is 13.4. The molecule has 0 amide bonds. The van der Waals surface area contributed by atoms with Crippen molar-refractivity contribution in [3.8, 4) is 10.6 Å². The van der Waals surface area contributed by atoms with E-state index in [2.05, 4.69) is 20.3 Å². The van der Waals surface area contributed by atoms with E-state index in [4.69, 9.17) is 0 Å². The molecule has 4 aromatic rings. The number of rotatable bonds is 2. The highest BCUT2D eigenvalue weighted by Crippen LogP contribution is 2.35. The molecule has 0 bridgehead atoms. The summed E-state index contributed by atoms with van der Waals surface area (Å²) in [7, 11) is 3.75. The Kier molecular flexibility index (Phi) is 2.83. The molecule has 0 saturated carbocycles. The minimum absolute atomic E-state index is 0.272. The van der Waals surface area contributed by atoms with E-state index >= 15 is 0 Å². The molecule has 110 valence electrons. The van der Waals surface area contributed by atoms with Crippen molar-refractivity contribution in [3.05, 3.63) is 36.4 Å². The van der Waals surface area contributed by atoms with Gasteiger partial charge in [0.25, 0.3) is 0 Å². The molecule has 0 aliphatic carbocycles. The molecule has 3 heterocycles. The number of fused-ring (bicyclic) bond motifs is 3. The Morgan fingerprint density at radius 1 is 1.27 bits per heavy atom. The van der Waals surface area contributed by atoms with Gasteiger partial charge in [-0.3, -0.25) is 0 Å². The van der Waals surface area contributed by atoms with Crippen LogP contribution in [0.2, 0.25) is 0 Å². The lowest BCUT2D eigenvalue weighted by atomic mass is 10.2. The number of anilines is 1. The molecule has 0 aliphatic heterocycles. The van der Waals surface area contributed by atoms with E-state index in [1.807, 2.05) is 24.7 Å². The van der Waals surface area contributed by atoms with E-state index in [1.165, 1.54) is 23.5 Å². The fourth-order valence-corrected chi connectivity index (χ4v) is 3.58. The Labute approximate surface area is 129 Å². The summed E-state index contributed by atoms with van der Waals surface area (Å²) < 4.78 is 16.3. The van der Waals surface area contributed by atoms with Crippen LogP contribution in [0.4, 0.5) is 10.2 Å². The van der Waals surface area contributed by atoms with Crippen LogP contribution in [0.1, 0.15) is 0 Å². The molecule has 0 fully saturated rings. The van der Waals surface area contributed by atoms with E-state index in [0.29, 0.717) is 11.5 Å². The van der Waals surface area contributed by atoms with Crippen LogP contribution in [0.5, 0.6) is 0 Å². The quantitative estimate of drug-likeness (QED) is 0.616.